The fourth-order valence-electron chi connectivity index (χ4n) is 2.41. The summed E-state index contributed by atoms with van der Waals surface area (Å²) in [6, 6.07) is 9.21. The lowest BCUT2D eigenvalue weighted by Gasteiger charge is -2.17. The molecule has 0 aliphatic rings. The van der Waals surface area contributed by atoms with Crippen molar-refractivity contribution in [2.75, 3.05) is 18.6 Å². The molecular formula is C17H18ClN5O2S. The van der Waals surface area contributed by atoms with Gasteiger partial charge in [0.2, 0.25) is 11.1 Å². The summed E-state index contributed by atoms with van der Waals surface area (Å²) in [6.07, 6.45) is 1.57. The van der Waals surface area contributed by atoms with Crippen molar-refractivity contribution in [3.63, 3.8) is 0 Å². The summed E-state index contributed by atoms with van der Waals surface area (Å²) < 4.78 is 6.63. The first-order valence-electron chi connectivity index (χ1n) is 7.82. The average molecular weight is 392 g/mol. The monoisotopic (exact) mass is 391 g/mol. The molecule has 0 aliphatic heterocycles. The van der Waals surface area contributed by atoms with E-state index in [0.717, 1.165) is 11.1 Å². The molecule has 0 aliphatic carbocycles. The number of carbonyl (C=O) groups excluding carboxylic acids is 1. The maximum atomic E-state index is 12.4. The van der Waals surface area contributed by atoms with E-state index in [-0.39, 0.29) is 11.7 Å². The number of benzene rings is 1. The van der Waals surface area contributed by atoms with Crippen molar-refractivity contribution in [1.82, 2.24) is 19.8 Å². The Kier molecular flexibility index (Phi) is 5.53. The van der Waals surface area contributed by atoms with Crippen LogP contribution in [0.5, 0.6) is 0 Å². The normalized spacial score (nSPS) is 10.9. The number of nitrogens with two attached hydrogens (primary N) is 1. The zero-order valence-corrected chi connectivity index (χ0v) is 15.9. The first kappa shape index (κ1) is 18.3. The zero-order valence-electron chi connectivity index (χ0n) is 14.3. The average Bonchev–Trinajstić information content (AvgIpc) is 3.18. The number of nitrogen functional groups attached to an aromatic ring is 1. The largest absolute Gasteiger partial charge is 0.469 e. The molecular weight excluding hydrogens is 374 g/mol. The second-order valence-electron chi connectivity index (χ2n) is 5.74. The molecule has 0 saturated heterocycles. The van der Waals surface area contributed by atoms with E-state index in [2.05, 4.69) is 10.2 Å². The molecule has 0 unspecified atom stereocenters. The Morgan fingerprint density at radius 3 is 2.88 bits per heavy atom. The highest BCUT2D eigenvalue weighted by Crippen LogP contribution is 2.25. The Balaban J connectivity index is 1.61. The Bertz CT molecular complexity index is 924. The number of halogens is 1. The van der Waals surface area contributed by atoms with Crippen LogP contribution in [-0.4, -0.2) is 38.5 Å². The van der Waals surface area contributed by atoms with Gasteiger partial charge < -0.3 is 15.2 Å². The van der Waals surface area contributed by atoms with Crippen LogP contribution in [0.25, 0.3) is 11.4 Å². The van der Waals surface area contributed by atoms with Gasteiger partial charge in [-0.3, -0.25) is 4.79 Å². The molecule has 3 aromatic rings. The van der Waals surface area contributed by atoms with Crippen molar-refractivity contribution < 1.29 is 9.21 Å². The Labute approximate surface area is 160 Å². The molecule has 0 fully saturated rings. The molecule has 26 heavy (non-hydrogen) atoms. The third-order valence-electron chi connectivity index (χ3n) is 3.82. The third-order valence-corrected chi connectivity index (χ3v) is 4.99. The van der Waals surface area contributed by atoms with Gasteiger partial charge in [0.15, 0.2) is 5.82 Å². The summed E-state index contributed by atoms with van der Waals surface area (Å²) in [7, 11) is 1.75. The first-order chi connectivity index (χ1) is 12.5. The van der Waals surface area contributed by atoms with E-state index in [0.29, 0.717) is 28.3 Å². The summed E-state index contributed by atoms with van der Waals surface area (Å²) >= 11 is 7.21. The van der Waals surface area contributed by atoms with Crippen LogP contribution in [0, 0.1) is 6.92 Å². The van der Waals surface area contributed by atoms with Crippen molar-refractivity contribution in [3.8, 4) is 11.4 Å². The Morgan fingerprint density at radius 2 is 2.19 bits per heavy atom. The Hall–Kier alpha value is -2.45. The number of thioether (sulfide) groups is 1. The SMILES string of the molecule is Cc1occc1-c1nnc(SCC(=O)N(C)Cc2cccc(Cl)c2)n1N. The lowest BCUT2D eigenvalue weighted by atomic mass is 10.2. The quantitative estimate of drug-likeness (QED) is 0.513. The lowest BCUT2D eigenvalue weighted by molar-refractivity contribution is -0.127. The van der Waals surface area contributed by atoms with Crippen LogP contribution in [0.3, 0.4) is 0 Å². The summed E-state index contributed by atoms with van der Waals surface area (Å²) in [6.45, 7) is 2.31. The second kappa shape index (κ2) is 7.84. The van der Waals surface area contributed by atoms with Crippen molar-refractivity contribution in [2.45, 2.75) is 18.6 Å². The zero-order chi connectivity index (χ0) is 18.7. The smallest absolute Gasteiger partial charge is 0.233 e. The molecule has 1 aromatic carbocycles. The van der Waals surface area contributed by atoms with E-state index in [9.17, 15) is 4.79 Å². The number of furan rings is 1. The molecule has 3 rings (SSSR count). The van der Waals surface area contributed by atoms with Gasteiger partial charge in [-0.15, -0.1) is 10.2 Å². The number of carbonyl (C=O) groups is 1. The van der Waals surface area contributed by atoms with E-state index in [4.69, 9.17) is 21.9 Å². The highest BCUT2D eigenvalue weighted by atomic mass is 35.5. The van der Waals surface area contributed by atoms with Crippen LogP contribution in [0.4, 0.5) is 0 Å². The Morgan fingerprint density at radius 1 is 1.38 bits per heavy atom. The summed E-state index contributed by atoms with van der Waals surface area (Å²) in [5, 5.41) is 9.26. The standard InChI is InChI=1S/C17H18ClN5O2S/c1-11-14(6-7-25-11)16-20-21-17(23(16)19)26-10-15(24)22(2)9-12-4-3-5-13(18)8-12/h3-8H,9-10,19H2,1-2H3. The van der Waals surface area contributed by atoms with Crippen LogP contribution in [0.15, 0.2) is 46.2 Å². The first-order valence-corrected chi connectivity index (χ1v) is 9.18. The minimum absolute atomic E-state index is 0.0426. The summed E-state index contributed by atoms with van der Waals surface area (Å²) in [4.78, 5) is 14.0. The van der Waals surface area contributed by atoms with Gasteiger partial charge in [-0.25, -0.2) is 4.68 Å². The number of aryl methyl sites for hydroxylation is 1. The maximum absolute atomic E-state index is 12.4. The molecule has 9 heteroatoms. The van der Waals surface area contributed by atoms with E-state index in [1.165, 1.54) is 16.4 Å². The molecule has 0 spiro atoms. The fraction of sp³-hybridized carbons (Fsp3) is 0.235. The van der Waals surface area contributed by atoms with Crippen molar-refractivity contribution in [3.05, 3.63) is 52.9 Å². The predicted octanol–water partition coefficient (Wildman–Crippen LogP) is 2.96. The molecule has 0 bridgehead atoms. The molecule has 2 aromatic heterocycles. The van der Waals surface area contributed by atoms with Crippen LogP contribution >= 0.6 is 23.4 Å². The lowest BCUT2D eigenvalue weighted by Crippen LogP contribution is -2.28. The minimum Gasteiger partial charge on any atom is -0.469 e. The molecule has 1 amide bonds. The predicted molar refractivity (Wildman–Crippen MR) is 101 cm³/mol. The van der Waals surface area contributed by atoms with E-state index in [1.807, 2.05) is 25.1 Å². The number of aromatic nitrogens is 3. The number of hydrogen-bond donors (Lipinski definition) is 1. The van der Waals surface area contributed by atoms with Crippen molar-refractivity contribution in [2.24, 2.45) is 0 Å². The molecule has 136 valence electrons. The van der Waals surface area contributed by atoms with Crippen LogP contribution in [-0.2, 0) is 11.3 Å². The van der Waals surface area contributed by atoms with E-state index in [1.54, 1.807) is 30.3 Å². The minimum atomic E-state index is -0.0426. The van der Waals surface area contributed by atoms with Crippen molar-refractivity contribution in [1.29, 1.82) is 0 Å². The van der Waals surface area contributed by atoms with Gasteiger partial charge in [0.1, 0.15) is 5.76 Å². The number of nitrogens with zero attached hydrogens (tertiary/aromatic N) is 4. The summed E-state index contributed by atoms with van der Waals surface area (Å²) in [5.41, 5.74) is 1.74. The highest BCUT2D eigenvalue weighted by Gasteiger charge is 2.17. The third kappa shape index (κ3) is 4.03. The molecule has 0 radical (unpaired) electrons. The van der Waals surface area contributed by atoms with Gasteiger partial charge in [-0.05, 0) is 30.7 Å². The van der Waals surface area contributed by atoms with Gasteiger partial charge in [0, 0.05) is 18.6 Å². The van der Waals surface area contributed by atoms with Crippen molar-refractivity contribution >= 4 is 29.3 Å². The molecule has 2 N–H and O–H groups in total. The van der Waals surface area contributed by atoms with Gasteiger partial charge in [0.05, 0.1) is 17.6 Å². The van der Waals surface area contributed by atoms with Gasteiger partial charge >= 0.3 is 0 Å². The van der Waals surface area contributed by atoms with Crippen LogP contribution < -0.4 is 5.84 Å². The topological polar surface area (TPSA) is 90.2 Å². The molecule has 2 heterocycles. The summed E-state index contributed by atoms with van der Waals surface area (Å²) in [5.74, 6) is 7.42. The molecule has 7 nitrogen and oxygen atoms in total. The van der Waals surface area contributed by atoms with E-state index >= 15 is 0 Å². The number of hydrogen-bond acceptors (Lipinski definition) is 6. The second-order valence-corrected chi connectivity index (χ2v) is 7.11. The van der Waals surface area contributed by atoms with E-state index < -0.39 is 0 Å². The van der Waals surface area contributed by atoms with Gasteiger partial charge in [0.25, 0.3) is 0 Å². The fourth-order valence-corrected chi connectivity index (χ4v) is 3.42. The van der Waals surface area contributed by atoms with Crippen LogP contribution in [0.2, 0.25) is 5.02 Å². The maximum Gasteiger partial charge on any atom is 0.233 e. The van der Waals surface area contributed by atoms with Gasteiger partial charge in [-0.2, -0.15) is 0 Å². The highest BCUT2D eigenvalue weighted by molar-refractivity contribution is 7.99. The number of rotatable bonds is 6. The van der Waals surface area contributed by atoms with Gasteiger partial charge in [-0.1, -0.05) is 35.5 Å². The number of amides is 1. The molecule has 0 saturated carbocycles. The molecule has 0 atom stereocenters. The van der Waals surface area contributed by atoms with Crippen LogP contribution in [0.1, 0.15) is 11.3 Å².